The Balaban J connectivity index is 1.69. The Morgan fingerprint density at radius 3 is 2.36 bits per heavy atom. The van der Waals surface area contributed by atoms with Crippen LogP contribution in [0.1, 0.15) is 45.4 Å². The quantitative estimate of drug-likeness (QED) is 0.744. The van der Waals surface area contributed by atoms with Crippen molar-refractivity contribution in [3.63, 3.8) is 0 Å². The normalized spacial score (nSPS) is 30.2. The fourth-order valence-electron chi connectivity index (χ4n) is 4.31. The number of rotatable bonds is 6. The van der Waals surface area contributed by atoms with Crippen molar-refractivity contribution in [3.05, 3.63) is 0 Å². The van der Waals surface area contributed by atoms with Crippen molar-refractivity contribution in [2.75, 3.05) is 39.1 Å². The first-order valence-corrected chi connectivity index (χ1v) is 10.4. The summed E-state index contributed by atoms with van der Waals surface area (Å²) in [6.45, 7) is 5.12. The molecule has 1 unspecified atom stereocenters. The molecule has 3 rings (SSSR count). The zero-order valence-corrected chi connectivity index (χ0v) is 14.8. The number of hydrogen-bond donors (Lipinski definition) is 0. The molecule has 0 radical (unpaired) electrons. The van der Waals surface area contributed by atoms with Crippen molar-refractivity contribution in [1.82, 2.24) is 9.21 Å². The first-order valence-electron chi connectivity index (χ1n) is 8.74. The van der Waals surface area contributed by atoms with E-state index in [0.29, 0.717) is 19.1 Å². The van der Waals surface area contributed by atoms with Gasteiger partial charge in [0.2, 0.25) is 10.0 Å². The number of ether oxygens (including phenoxy) is 1. The van der Waals surface area contributed by atoms with Gasteiger partial charge in [0.15, 0.2) is 0 Å². The van der Waals surface area contributed by atoms with Crippen LogP contribution in [0.3, 0.4) is 0 Å². The van der Waals surface area contributed by atoms with Gasteiger partial charge in [-0.05, 0) is 51.4 Å². The molecule has 128 valence electrons. The lowest BCUT2D eigenvalue weighted by Gasteiger charge is -2.46. The maximum Gasteiger partial charge on any atom is 0.213 e. The van der Waals surface area contributed by atoms with Gasteiger partial charge in [0, 0.05) is 38.3 Å². The SMILES string of the molecule is CCS(=O)(=O)N1CCC2(CCC(COC)N2CC2CC2)CC1. The molecule has 2 heterocycles. The maximum absolute atomic E-state index is 12.1. The molecule has 1 saturated carbocycles. The van der Waals surface area contributed by atoms with Crippen molar-refractivity contribution in [2.45, 2.75) is 57.0 Å². The lowest BCUT2D eigenvalue weighted by atomic mass is 9.85. The summed E-state index contributed by atoms with van der Waals surface area (Å²) < 4.78 is 31.3. The smallest absolute Gasteiger partial charge is 0.213 e. The van der Waals surface area contributed by atoms with Crippen LogP contribution >= 0.6 is 0 Å². The number of piperidine rings is 1. The standard InChI is InChI=1S/C16H30N2O3S/c1-3-22(19,20)17-10-8-16(9-11-17)7-6-15(13-21-2)18(16)12-14-4-5-14/h14-15H,3-13H2,1-2H3. The Morgan fingerprint density at radius 1 is 1.14 bits per heavy atom. The summed E-state index contributed by atoms with van der Waals surface area (Å²) in [5.41, 5.74) is 0.228. The molecule has 0 bridgehead atoms. The monoisotopic (exact) mass is 330 g/mol. The summed E-state index contributed by atoms with van der Waals surface area (Å²) in [6, 6.07) is 0.528. The van der Waals surface area contributed by atoms with Gasteiger partial charge >= 0.3 is 0 Å². The third-order valence-corrected chi connectivity index (χ3v) is 7.80. The first-order chi connectivity index (χ1) is 10.5. The zero-order chi connectivity index (χ0) is 15.8. The van der Waals surface area contributed by atoms with Gasteiger partial charge in [-0.2, -0.15) is 0 Å². The van der Waals surface area contributed by atoms with E-state index in [2.05, 4.69) is 4.90 Å². The summed E-state index contributed by atoms with van der Waals surface area (Å²) >= 11 is 0. The minimum Gasteiger partial charge on any atom is -0.383 e. The average Bonchev–Trinajstić information content (AvgIpc) is 3.28. The third kappa shape index (κ3) is 3.21. The van der Waals surface area contributed by atoms with Crippen molar-refractivity contribution >= 4 is 10.0 Å². The molecule has 2 saturated heterocycles. The van der Waals surface area contributed by atoms with Crippen LogP contribution in [-0.4, -0.2) is 68.3 Å². The van der Waals surface area contributed by atoms with E-state index in [4.69, 9.17) is 4.74 Å². The van der Waals surface area contributed by atoms with E-state index in [-0.39, 0.29) is 11.3 Å². The van der Waals surface area contributed by atoms with Gasteiger partial charge in [0.25, 0.3) is 0 Å². The van der Waals surface area contributed by atoms with E-state index >= 15 is 0 Å². The van der Waals surface area contributed by atoms with Crippen LogP contribution < -0.4 is 0 Å². The van der Waals surface area contributed by atoms with E-state index in [9.17, 15) is 8.42 Å². The van der Waals surface area contributed by atoms with Crippen molar-refractivity contribution in [3.8, 4) is 0 Å². The molecule has 1 atom stereocenters. The second-order valence-corrected chi connectivity index (χ2v) is 9.53. The topological polar surface area (TPSA) is 49.9 Å². The summed E-state index contributed by atoms with van der Waals surface area (Å²) in [4.78, 5) is 2.70. The fraction of sp³-hybridized carbons (Fsp3) is 1.00. The van der Waals surface area contributed by atoms with Crippen LogP contribution in [0.15, 0.2) is 0 Å². The highest BCUT2D eigenvalue weighted by atomic mass is 32.2. The molecule has 0 aromatic heterocycles. The lowest BCUT2D eigenvalue weighted by Crippen LogP contribution is -2.56. The number of sulfonamides is 1. The number of likely N-dealkylation sites (tertiary alicyclic amines) is 1. The molecule has 2 aliphatic heterocycles. The van der Waals surface area contributed by atoms with E-state index < -0.39 is 10.0 Å². The van der Waals surface area contributed by atoms with Crippen molar-refractivity contribution < 1.29 is 13.2 Å². The van der Waals surface area contributed by atoms with Crippen LogP contribution in [-0.2, 0) is 14.8 Å². The number of methoxy groups -OCH3 is 1. The highest BCUT2D eigenvalue weighted by Crippen LogP contribution is 2.44. The Hall–Kier alpha value is -0.170. The van der Waals surface area contributed by atoms with Crippen molar-refractivity contribution in [1.29, 1.82) is 0 Å². The summed E-state index contributed by atoms with van der Waals surface area (Å²) in [5.74, 6) is 1.09. The molecule has 6 heteroatoms. The molecule has 1 spiro atoms. The zero-order valence-electron chi connectivity index (χ0n) is 14.0. The predicted octanol–water partition coefficient (Wildman–Crippen LogP) is 1.69. The highest BCUT2D eigenvalue weighted by molar-refractivity contribution is 7.89. The second-order valence-electron chi connectivity index (χ2n) is 7.27. The molecule has 0 aromatic carbocycles. The van der Waals surface area contributed by atoms with Gasteiger partial charge in [0.1, 0.15) is 0 Å². The molecule has 1 aliphatic carbocycles. The second kappa shape index (κ2) is 6.38. The maximum atomic E-state index is 12.1. The summed E-state index contributed by atoms with van der Waals surface area (Å²) in [6.07, 6.45) is 7.10. The number of nitrogens with zero attached hydrogens (tertiary/aromatic N) is 2. The van der Waals surface area contributed by atoms with E-state index in [1.807, 2.05) is 0 Å². The molecule has 5 nitrogen and oxygen atoms in total. The van der Waals surface area contributed by atoms with E-state index in [1.165, 1.54) is 32.2 Å². The Bertz CT molecular complexity index is 482. The van der Waals surface area contributed by atoms with E-state index in [0.717, 1.165) is 25.4 Å². The van der Waals surface area contributed by atoms with E-state index in [1.54, 1.807) is 18.3 Å². The minimum absolute atomic E-state index is 0.220. The van der Waals surface area contributed by atoms with Gasteiger partial charge < -0.3 is 4.74 Å². The third-order valence-electron chi connectivity index (χ3n) is 5.92. The molecule has 0 amide bonds. The van der Waals surface area contributed by atoms with Gasteiger partial charge in [-0.3, -0.25) is 4.90 Å². The van der Waals surface area contributed by atoms with Crippen LogP contribution in [0.2, 0.25) is 0 Å². The van der Waals surface area contributed by atoms with Gasteiger partial charge in [-0.15, -0.1) is 0 Å². The van der Waals surface area contributed by atoms with Gasteiger partial charge in [0.05, 0.1) is 12.4 Å². The molecular formula is C16H30N2O3S. The minimum atomic E-state index is -3.03. The van der Waals surface area contributed by atoms with Crippen LogP contribution in [0.25, 0.3) is 0 Å². The lowest BCUT2D eigenvalue weighted by molar-refractivity contribution is 0.0209. The first kappa shape index (κ1) is 16.7. The average molecular weight is 330 g/mol. The Morgan fingerprint density at radius 2 is 1.82 bits per heavy atom. The van der Waals surface area contributed by atoms with Gasteiger partial charge in [-0.25, -0.2) is 12.7 Å². The Kier molecular flexibility index (Phi) is 4.84. The summed E-state index contributed by atoms with van der Waals surface area (Å²) in [5, 5.41) is 0. The highest BCUT2D eigenvalue weighted by Gasteiger charge is 2.49. The van der Waals surface area contributed by atoms with Crippen LogP contribution in [0, 0.1) is 5.92 Å². The molecule has 3 aliphatic rings. The number of hydrogen-bond acceptors (Lipinski definition) is 4. The van der Waals surface area contributed by atoms with Crippen LogP contribution in [0.5, 0.6) is 0 Å². The molecule has 22 heavy (non-hydrogen) atoms. The Labute approximate surface area is 135 Å². The largest absolute Gasteiger partial charge is 0.383 e. The van der Waals surface area contributed by atoms with Crippen molar-refractivity contribution in [2.24, 2.45) is 5.92 Å². The molecule has 0 aromatic rings. The fourth-order valence-corrected chi connectivity index (χ4v) is 5.41. The summed E-state index contributed by atoms with van der Waals surface area (Å²) in [7, 11) is -1.24. The van der Waals surface area contributed by atoms with Crippen LogP contribution in [0.4, 0.5) is 0 Å². The molecule has 3 fully saturated rings. The predicted molar refractivity (Wildman–Crippen MR) is 87.3 cm³/mol. The molecular weight excluding hydrogens is 300 g/mol. The van der Waals surface area contributed by atoms with Gasteiger partial charge in [-0.1, -0.05) is 0 Å². The molecule has 0 N–H and O–H groups in total.